The van der Waals surface area contributed by atoms with Crippen LogP contribution in [0.2, 0.25) is 0 Å². The van der Waals surface area contributed by atoms with Crippen molar-refractivity contribution in [2.45, 2.75) is 12.1 Å². The number of hydrogen-bond donors (Lipinski definition) is 0. The molecule has 4 aromatic rings. The molecule has 0 spiro atoms. The quantitative estimate of drug-likeness (QED) is 0.362. The van der Waals surface area contributed by atoms with E-state index in [0.717, 1.165) is 22.3 Å². The minimum absolute atomic E-state index is 0.615. The van der Waals surface area contributed by atoms with Gasteiger partial charge in [-0.05, 0) is 41.5 Å². The summed E-state index contributed by atoms with van der Waals surface area (Å²) in [5, 5.41) is 11.6. The predicted octanol–water partition coefficient (Wildman–Crippen LogP) is 4.90. The van der Waals surface area contributed by atoms with Crippen LogP contribution in [0.5, 0.6) is 5.75 Å². The van der Waals surface area contributed by atoms with Crippen LogP contribution in [0.1, 0.15) is 5.56 Å². The van der Waals surface area contributed by atoms with E-state index in [2.05, 4.69) is 53.5 Å². The first-order chi connectivity index (χ1) is 12.8. The lowest BCUT2D eigenvalue weighted by atomic mass is 10.1. The summed E-state index contributed by atoms with van der Waals surface area (Å²) >= 11 is 1.64. The van der Waals surface area contributed by atoms with E-state index in [1.165, 1.54) is 16.3 Å². The molecule has 0 bridgehead atoms. The highest BCUT2D eigenvalue weighted by molar-refractivity contribution is 7.99. The normalized spacial score (nSPS) is 11.0. The van der Waals surface area contributed by atoms with Gasteiger partial charge < -0.3 is 4.74 Å². The largest absolute Gasteiger partial charge is 0.493 e. The second-order valence-corrected chi connectivity index (χ2v) is 7.04. The standard InChI is InChI=1S/C21H19N3OS/c1-16-6-2-5-9-20(16)24-15-22-23-21(24)26-13-12-25-19-11-10-17-7-3-4-8-18(17)14-19/h2-11,14-15H,12-13H2,1H3. The summed E-state index contributed by atoms with van der Waals surface area (Å²) in [6, 6.07) is 22.7. The molecule has 130 valence electrons. The van der Waals surface area contributed by atoms with E-state index in [4.69, 9.17) is 4.74 Å². The van der Waals surface area contributed by atoms with Crippen molar-refractivity contribution in [2.24, 2.45) is 0 Å². The number of thioether (sulfide) groups is 1. The van der Waals surface area contributed by atoms with E-state index < -0.39 is 0 Å². The van der Waals surface area contributed by atoms with E-state index in [1.807, 2.05) is 34.9 Å². The van der Waals surface area contributed by atoms with Crippen LogP contribution in [0.3, 0.4) is 0 Å². The molecule has 1 aromatic heterocycles. The number of rotatable bonds is 6. The average Bonchev–Trinajstić information content (AvgIpc) is 3.14. The van der Waals surface area contributed by atoms with Gasteiger partial charge in [-0.1, -0.05) is 60.3 Å². The summed E-state index contributed by atoms with van der Waals surface area (Å²) < 4.78 is 7.93. The molecule has 0 saturated carbocycles. The fraction of sp³-hybridized carbons (Fsp3) is 0.143. The van der Waals surface area contributed by atoms with Gasteiger partial charge in [0.05, 0.1) is 12.3 Å². The zero-order valence-electron chi connectivity index (χ0n) is 14.5. The smallest absolute Gasteiger partial charge is 0.195 e. The summed E-state index contributed by atoms with van der Waals surface area (Å²) in [4.78, 5) is 0. The van der Waals surface area contributed by atoms with Crippen molar-refractivity contribution in [3.05, 3.63) is 78.6 Å². The number of ether oxygens (including phenoxy) is 1. The van der Waals surface area contributed by atoms with Crippen LogP contribution in [-0.4, -0.2) is 27.1 Å². The maximum atomic E-state index is 5.90. The number of nitrogens with zero attached hydrogens (tertiary/aromatic N) is 3. The van der Waals surface area contributed by atoms with Crippen LogP contribution in [0.15, 0.2) is 78.2 Å². The maximum Gasteiger partial charge on any atom is 0.195 e. The molecule has 5 heteroatoms. The van der Waals surface area contributed by atoms with E-state index in [0.29, 0.717) is 6.61 Å². The molecule has 26 heavy (non-hydrogen) atoms. The summed E-state index contributed by atoms with van der Waals surface area (Å²) in [5.74, 6) is 1.70. The van der Waals surface area contributed by atoms with Crippen molar-refractivity contribution < 1.29 is 4.74 Å². The third kappa shape index (κ3) is 3.58. The van der Waals surface area contributed by atoms with Crippen LogP contribution >= 0.6 is 11.8 Å². The lowest BCUT2D eigenvalue weighted by molar-refractivity contribution is 0.344. The van der Waals surface area contributed by atoms with Crippen molar-refractivity contribution in [2.75, 3.05) is 12.4 Å². The molecule has 0 aliphatic rings. The van der Waals surface area contributed by atoms with Crippen LogP contribution < -0.4 is 4.74 Å². The lowest BCUT2D eigenvalue weighted by Gasteiger charge is -2.10. The molecular formula is C21H19N3OS. The molecule has 4 rings (SSSR count). The van der Waals surface area contributed by atoms with Gasteiger partial charge in [-0.2, -0.15) is 0 Å². The van der Waals surface area contributed by atoms with Crippen LogP contribution in [0.4, 0.5) is 0 Å². The minimum Gasteiger partial charge on any atom is -0.493 e. The van der Waals surface area contributed by atoms with Gasteiger partial charge in [0, 0.05) is 5.75 Å². The first-order valence-corrected chi connectivity index (χ1v) is 9.50. The third-order valence-corrected chi connectivity index (χ3v) is 5.10. The van der Waals surface area contributed by atoms with Crippen molar-refractivity contribution >= 4 is 22.5 Å². The first kappa shape index (κ1) is 16.7. The molecule has 0 aliphatic carbocycles. The molecule has 0 saturated heterocycles. The Bertz CT molecular complexity index is 1030. The van der Waals surface area contributed by atoms with Crippen LogP contribution in [0, 0.1) is 6.92 Å². The lowest BCUT2D eigenvalue weighted by Crippen LogP contribution is -2.03. The fourth-order valence-corrected chi connectivity index (χ4v) is 3.61. The Morgan fingerprint density at radius 3 is 2.65 bits per heavy atom. The second kappa shape index (κ2) is 7.62. The van der Waals surface area contributed by atoms with Gasteiger partial charge in [-0.3, -0.25) is 4.57 Å². The van der Waals surface area contributed by atoms with Crippen LogP contribution in [-0.2, 0) is 0 Å². The zero-order chi connectivity index (χ0) is 17.8. The van der Waals surface area contributed by atoms with Gasteiger partial charge in [0.15, 0.2) is 5.16 Å². The Hall–Kier alpha value is -2.79. The molecule has 0 radical (unpaired) electrons. The summed E-state index contributed by atoms with van der Waals surface area (Å²) in [5.41, 5.74) is 2.30. The topological polar surface area (TPSA) is 39.9 Å². The first-order valence-electron chi connectivity index (χ1n) is 8.52. The van der Waals surface area contributed by atoms with Gasteiger partial charge in [0.1, 0.15) is 12.1 Å². The fourth-order valence-electron chi connectivity index (χ4n) is 2.87. The number of para-hydroxylation sites is 1. The minimum atomic E-state index is 0.615. The van der Waals surface area contributed by atoms with Crippen molar-refractivity contribution in [1.82, 2.24) is 14.8 Å². The molecule has 1 heterocycles. The number of hydrogen-bond acceptors (Lipinski definition) is 4. The number of aryl methyl sites for hydroxylation is 1. The Morgan fingerprint density at radius 1 is 0.962 bits per heavy atom. The monoisotopic (exact) mass is 361 g/mol. The molecule has 4 nitrogen and oxygen atoms in total. The predicted molar refractivity (Wildman–Crippen MR) is 106 cm³/mol. The Labute approximate surface area is 156 Å². The van der Waals surface area contributed by atoms with Crippen molar-refractivity contribution in [1.29, 1.82) is 0 Å². The summed E-state index contributed by atoms with van der Waals surface area (Å²) in [6.07, 6.45) is 1.76. The molecular weight excluding hydrogens is 342 g/mol. The van der Waals surface area contributed by atoms with Gasteiger partial charge in [0.2, 0.25) is 0 Å². The van der Waals surface area contributed by atoms with Crippen molar-refractivity contribution in [3.63, 3.8) is 0 Å². The highest BCUT2D eigenvalue weighted by atomic mass is 32.2. The van der Waals surface area contributed by atoms with Gasteiger partial charge >= 0.3 is 0 Å². The Kier molecular flexibility index (Phi) is 4.88. The average molecular weight is 361 g/mol. The van der Waals surface area contributed by atoms with Gasteiger partial charge in [-0.25, -0.2) is 0 Å². The Balaban J connectivity index is 1.38. The molecule has 0 atom stereocenters. The zero-order valence-corrected chi connectivity index (χ0v) is 15.3. The molecule has 0 unspecified atom stereocenters. The molecule has 0 amide bonds. The van der Waals surface area contributed by atoms with Crippen LogP contribution in [0.25, 0.3) is 16.5 Å². The molecule has 0 fully saturated rings. The highest BCUT2D eigenvalue weighted by Gasteiger charge is 2.09. The maximum absolute atomic E-state index is 5.90. The molecule has 0 N–H and O–H groups in total. The molecule has 0 aliphatic heterocycles. The third-order valence-electron chi connectivity index (χ3n) is 4.20. The highest BCUT2D eigenvalue weighted by Crippen LogP contribution is 2.23. The number of fused-ring (bicyclic) bond motifs is 1. The second-order valence-electron chi connectivity index (χ2n) is 5.98. The van der Waals surface area contributed by atoms with E-state index in [-0.39, 0.29) is 0 Å². The van der Waals surface area contributed by atoms with Crippen molar-refractivity contribution in [3.8, 4) is 11.4 Å². The van der Waals surface area contributed by atoms with Gasteiger partial charge in [-0.15, -0.1) is 10.2 Å². The van der Waals surface area contributed by atoms with Gasteiger partial charge in [0.25, 0.3) is 0 Å². The van der Waals surface area contributed by atoms with E-state index >= 15 is 0 Å². The Morgan fingerprint density at radius 2 is 1.77 bits per heavy atom. The number of benzene rings is 3. The van der Waals surface area contributed by atoms with E-state index in [1.54, 1.807) is 18.1 Å². The summed E-state index contributed by atoms with van der Waals surface area (Å²) in [7, 11) is 0. The molecule has 3 aromatic carbocycles. The summed E-state index contributed by atoms with van der Waals surface area (Å²) in [6.45, 7) is 2.70. The SMILES string of the molecule is Cc1ccccc1-n1cnnc1SCCOc1ccc2ccccc2c1. The van der Waals surface area contributed by atoms with E-state index in [9.17, 15) is 0 Å². The number of aromatic nitrogens is 3.